The minimum atomic E-state index is 0.0444. The van der Waals surface area contributed by atoms with Gasteiger partial charge in [-0.05, 0) is 37.5 Å². The Balaban J connectivity index is 1.62. The van der Waals surface area contributed by atoms with Gasteiger partial charge in [0.05, 0.1) is 6.10 Å². The molecule has 0 aromatic heterocycles. The SMILES string of the molecule is CN(C)C(=O)CN=C(NCC1CCCO1)N1CCC2(CCCCC2)C1. The van der Waals surface area contributed by atoms with E-state index >= 15 is 0 Å². The maximum absolute atomic E-state index is 12.0. The number of carbonyl (C=O) groups is 1. The van der Waals surface area contributed by atoms with E-state index in [4.69, 9.17) is 4.74 Å². The van der Waals surface area contributed by atoms with Crippen LogP contribution in [-0.4, -0.2) is 74.7 Å². The van der Waals surface area contributed by atoms with Crippen LogP contribution in [0.15, 0.2) is 4.99 Å². The van der Waals surface area contributed by atoms with Gasteiger partial charge < -0.3 is 19.9 Å². The number of hydrogen-bond acceptors (Lipinski definition) is 3. The fourth-order valence-electron chi connectivity index (χ4n) is 4.39. The molecule has 6 heteroatoms. The maximum atomic E-state index is 12.0. The Morgan fingerprint density at radius 2 is 2.04 bits per heavy atom. The number of nitrogens with one attached hydrogen (secondary N) is 1. The van der Waals surface area contributed by atoms with Crippen molar-refractivity contribution in [3.63, 3.8) is 0 Å². The normalized spacial score (nSPS) is 26.2. The standard InChI is InChI=1S/C19H34N4O2/c1-22(2)17(24)14-21-18(20-13-16-7-6-12-25-16)23-11-10-19(15-23)8-4-3-5-9-19/h16H,3-15H2,1-2H3,(H,20,21). The molecule has 2 aliphatic heterocycles. The van der Waals surface area contributed by atoms with E-state index in [0.29, 0.717) is 5.41 Å². The average Bonchev–Trinajstić information content (AvgIpc) is 3.26. The third-order valence-corrected chi connectivity index (χ3v) is 6.03. The smallest absolute Gasteiger partial charge is 0.243 e. The number of likely N-dealkylation sites (N-methyl/N-ethyl adjacent to an activating group) is 1. The highest BCUT2D eigenvalue weighted by molar-refractivity contribution is 5.85. The molecule has 3 aliphatic rings. The van der Waals surface area contributed by atoms with E-state index in [-0.39, 0.29) is 18.6 Å². The van der Waals surface area contributed by atoms with Gasteiger partial charge in [0.15, 0.2) is 5.96 Å². The fraction of sp³-hybridized carbons (Fsp3) is 0.895. The Hall–Kier alpha value is -1.30. The third-order valence-electron chi connectivity index (χ3n) is 6.03. The minimum absolute atomic E-state index is 0.0444. The summed E-state index contributed by atoms with van der Waals surface area (Å²) < 4.78 is 5.73. The molecule has 1 unspecified atom stereocenters. The summed E-state index contributed by atoms with van der Waals surface area (Å²) in [6.45, 7) is 4.00. The third kappa shape index (κ3) is 4.87. The lowest BCUT2D eigenvalue weighted by Gasteiger charge is -2.33. The number of aliphatic imine (C=N–C) groups is 1. The van der Waals surface area contributed by atoms with E-state index < -0.39 is 0 Å². The first-order chi connectivity index (χ1) is 12.1. The molecule has 0 radical (unpaired) electrons. The molecule has 1 amide bonds. The van der Waals surface area contributed by atoms with Crippen LogP contribution in [0.3, 0.4) is 0 Å². The lowest BCUT2D eigenvalue weighted by Crippen LogP contribution is -2.44. The molecule has 2 saturated heterocycles. The van der Waals surface area contributed by atoms with Crippen LogP contribution in [0.5, 0.6) is 0 Å². The van der Waals surface area contributed by atoms with Crippen molar-refractivity contribution in [2.45, 2.75) is 57.5 Å². The lowest BCUT2D eigenvalue weighted by atomic mass is 9.73. The topological polar surface area (TPSA) is 57.2 Å². The van der Waals surface area contributed by atoms with Gasteiger partial charge in [0.25, 0.3) is 0 Å². The molecule has 0 bridgehead atoms. The van der Waals surface area contributed by atoms with Crippen LogP contribution >= 0.6 is 0 Å². The second kappa shape index (κ2) is 8.39. The molecule has 1 saturated carbocycles. The number of ether oxygens (including phenoxy) is 1. The molecular formula is C19H34N4O2. The molecule has 25 heavy (non-hydrogen) atoms. The van der Waals surface area contributed by atoms with Crippen LogP contribution in [-0.2, 0) is 9.53 Å². The van der Waals surface area contributed by atoms with Crippen LogP contribution in [0.1, 0.15) is 51.4 Å². The summed E-state index contributed by atoms with van der Waals surface area (Å²) in [6, 6.07) is 0. The minimum Gasteiger partial charge on any atom is -0.376 e. The van der Waals surface area contributed by atoms with E-state index in [0.717, 1.165) is 45.0 Å². The van der Waals surface area contributed by atoms with Crippen LogP contribution in [0.25, 0.3) is 0 Å². The summed E-state index contributed by atoms with van der Waals surface area (Å²) in [5, 5.41) is 3.50. The highest BCUT2D eigenvalue weighted by Gasteiger charge is 2.40. The first kappa shape index (κ1) is 18.5. The number of amides is 1. The number of likely N-dealkylation sites (tertiary alicyclic amines) is 1. The molecule has 142 valence electrons. The van der Waals surface area contributed by atoms with Gasteiger partial charge in [-0.2, -0.15) is 0 Å². The molecule has 2 heterocycles. The van der Waals surface area contributed by atoms with Crippen molar-refractivity contribution < 1.29 is 9.53 Å². The maximum Gasteiger partial charge on any atom is 0.243 e. The van der Waals surface area contributed by atoms with E-state index in [1.165, 1.54) is 38.5 Å². The van der Waals surface area contributed by atoms with E-state index in [1.807, 2.05) is 0 Å². The summed E-state index contributed by atoms with van der Waals surface area (Å²) in [6.07, 6.45) is 10.6. The zero-order chi connectivity index (χ0) is 17.7. The van der Waals surface area contributed by atoms with E-state index in [2.05, 4.69) is 15.2 Å². The zero-order valence-electron chi connectivity index (χ0n) is 15.9. The largest absolute Gasteiger partial charge is 0.376 e. The Morgan fingerprint density at radius 3 is 2.72 bits per heavy atom. The summed E-state index contributed by atoms with van der Waals surface area (Å²) in [5.74, 6) is 0.941. The number of carbonyl (C=O) groups excluding carboxylic acids is 1. The molecule has 3 fully saturated rings. The summed E-state index contributed by atoms with van der Waals surface area (Å²) in [4.78, 5) is 20.6. The molecule has 3 rings (SSSR count). The summed E-state index contributed by atoms with van der Waals surface area (Å²) in [5.41, 5.74) is 0.482. The van der Waals surface area contributed by atoms with Gasteiger partial charge in [0, 0.05) is 40.3 Å². The number of rotatable bonds is 4. The second-order valence-corrected chi connectivity index (χ2v) is 8.18. The number of nitrogens with zero attached hydrogens (tertiary/aromatic N) is 3. The van der Waals surface area contributed by atoms with Crippen LogP contribution in [0, 0.1) is 5.41 Å². The van der Waals surface area contributed by atoms with Crippen molar-refractivity contribution in [2.75, 3.05) is 46.9 Å². The van der Waals surface area contributed by atoms with Gasteiger partial charge in [-0.3, -0.25) is 4.79 Å². The average molecular weight is 351 g/mol. The molecule has 1 spiro atoms. The predicted octanol–water partition coefficient (Wildman–Crippen LogP) is 1.86. The Bertz CT molecular complexity index is 480. The Labute approximate surface area is 152 Å². The summed E-state index contributed by atoms with van der Waals surface area (Å²) >= 11 is 0. The van der Waals surface area contributed by atoms with Crippen molar-refractivity contribution in [2.24, 2.45) is 10.4 Å². The second-order valence-electron chi connectivity index (χ2n) is 8.18. The number of guanidine groups is 1. The monoisotopic (exact) mass is 350 g/mol. The van der Waals surface area contributed by atoms with Crippen LogP contribution in [0.4, 0.5) is 0 Å². The first-order valence-electron chi connectivity index (χ1n) is 9.93. The fourth-order valence-corrected chi connectivity index (χ4v) is 4.39. The Morgan fingerprint density at radius 1 is 1.24 bits per heavy atom. The van der Waals surface area contributed by atoms with Gasteiger partial charge >= 0.3 is 0 Å². The van der Waals surface area contributed by atoms with E-state index in [1.54, 1.807) is 19.0 Å². The molecule has 1 N–H and O–H groups in total. The molecule has 1 aliphatic carbocycles. The van der Waals surface area contributed by atoms with Crippen molar-refractivity contribution in [3.8, 4) is 0 Å². The van der Waals surface area contributed by atoms with Gasteiger partial charge in [-0.15, -0.1) is 0 Å². The molecule has 6 nitrogen and oxygen atoms in total. The van der Waals surface area contributed by atoms with Crippen molar-refractivity contribution in [1.29, 1.82) is 0 Å². The van der Waals surface area contributed by atoms with E-state index in [9.17, 15) is 4.79 Å². The van der Waals surface area contributed by atoms with Gasteiger partial charge in [-0.1, -0.05) is 19.3 Å². The Kier molecular flexibility index (Phi) is 6.20. The van der Waals surface area contributed by atoms with Crippen LogP contribution in [0.2, 0.25) is 0 Å². The zero-order valence-corrected chi connectivity index (χ0v) is 15.9. The van der Waals surface area contributed by atoms with Crippen molar-refractivity contribution in [3.05, 3.63) is 0 Å². The molecule has 1 atom stereocenters. The highest BCUT2D eigenvalue weighted by atomic mass is 16.5. The van der Waals surface area contributed by atoms with Crippen molar-refractivity contribution >= 4 is 11.9 Å². The van der Waals surface area contributed by atoms with Gasteiger partial charge in [0.1, 0.15) is 6.54 Å². The van der Waals surface area contributed by atoms with Crippen LogP contribution < -0.4 is 5.32 Å². The first-order valence-corrected chi connectivity index (χ1v) is 9.93. The molecule has 0 aromatic carbocycles. The predicted molar refractivity (Wildman–Crippen MR) is 99.7 cm³/mol. The quantitative estimate of drug-likeness (QED) is 0.621. The molecular weight excluding hydrogens is 316 g/mol. The summed E-state index contributed by atoms with van der Waals surface area (Å²) in [7, 11) is 3.56. The van der Waals surface area contributed by atoms with Gasteiger partial charge in [0.2, 0.25) is 5.91 Å². The van der Waals surface area contributed by atoms with Crippen molar-refractivity contribution in [1.82, 2.24) is 15.1 Å². The highest BCUT2D eigenvalue weighted by Crippen LogP contribution is 2.43. The molecule has 0 aromatic rings. The lowest BCUT2D eigenvalue weighted by molar-refractivity contribution is -0.127. The van der Waals surface area contributed by atoms with Gasteiger partial charge in [-0.25, -0.2) is 4.99 Å². The number of hydrogen-bond donors (Lipinski definition) is 1.